The molecule has 1 atom stereocenters. The molecular weight excluding hydrogens is 250 g/mol. The molecule has 0 aliphatic rings. The molecule has 0 aliphatic heterocycles. The molecule has 0 fully saturated rings. The van der Waals surface area contributed by atoms with E-state index in [2.05, 4.69) is 28.2 Å². The van der Waals surface area contributed by atoms with Gasteiger partial charge in [-0.1, -0.05) is 6.92 Å². The van der Waals surface area contributed by atoms with Crippen LogP contribution in [0.2, 0.25) is 0 Å². The molecule has 1 aromatic rings. The predicted molar refractivity (Wildman–Crippen MR) is 60.1 cm³/mol. The lowest BCUT2D eigenvalue weighted by Crippen LogP contribution is -2.16. The summed E-state index contributed by atoms with van der Waals surface area (Å²) in [6.45, 7) is 3.49. The number of nitrogens with two attached hydrogens (primary N) is 1. The van der Waals surface area contributed by atoms with Crippen LogP contribution in [-0.2, 0) is 4.74 Å². The number of rotatable bonds is 5. The molecule has 0 bridgehead atoms. The molecule has 1 rings (SSSR count). The van der Waals surface area contributed by atoms with Crippen molar-refractivity contribution < 1.29 is 4.74 Å². The molecule has 1 aromatic heterocycles. The van der Waals surface area contributed by atoms with Crippen LogP contribution in [-0.4, -0.2) is 13.2 Å². The molecule has 0 saturated heterocycles. The van der Waals surface area contributed by atoms with Crippen molar-refractivity contribution in [2.45, 2.75) is 19.4 Å². The van der Waals surface area contributed by atoms with Crippen LogP contribution >= 0.6 is 27.3 Å². The molecule has 4 heteroatoms. The zero-order valence-electron chi connectivity index (χ0n) is 7.63. The monoisotopic (exact) mass is 263 g/mol. The number of hydrogen-bond acceptors (Lipinski definition) is 3. The zero-order valence-corrected chi connectivity index (χ0v) is 10.0. The van der Waals surface area contributed by atoms with Crippen LogP contribution in [0.4, 0.5) is 0 Å². The summed E-state index contributed by atoms with van der Waals surface area (Å²) in [4.78, 5) is 0. The van der Waals surface area contributed by atoms with Crippen LogP contribution in [0.25, 0.3) is 0 Å². The van der Waals surface area contributed by atoms with Gasteiger partial charge in [-0.2, -0.15) is 0 Å². The Morgan fingerprint density at radius 1 is 1.69 bits per heavy atom. The minimum Gasteiger partial charge on any atom is -0.379 e. The topological polar surface area (TPSA) is 35.2 Å². The predicted octanol–water partition coefficient (Wildman–Crippen LogP) is 2.94. The third kappa shape index (κ3) is 3.77. The Kier molecular flexibility index (Phi) is 4.94. The number of hydrogen-bond donors (Lipinski definition) is 1. The van der Waals surface area contributed by atoms with E-state index in [1.54, 1.807) is 11.3 Å². The van der Waals surface area contributed by atoms with E-state index in [-0.39, 0.29) is 6.04 Å². The van der Waals surface area contributed by atoms with Crippen molar-refractivity contribution >= 4 is 27.3 Å². The van der Waals surface area contributed by atoms with Crippen LogP contribution in [0.15, 0.2) is 15.2 Å². The Morgan fingerprint density at radius 2 is 2.46 bits per heavy atom. The van der Waals surface area contributed by atoms with E-state index in [0.717, 1.165) is 22.4 Å². The lowest BCUT2D eigenvalue weighted by atomic mass is 10.2. The summed E-state index contributed by atoms with van der Waals surface area (Å²) in [5.74, 6) is 0. The second-order valence-corrected chi connectivity index (χ2v) is 5.16. The molecule has 0 aliphatic carbocycles. The first kappa shape index (κ1) is 11.2. The summed E-state index contributed by atoms with van der Waals surface area (Å²) >= 11 is 5.06. The minimum absolute atomic E-state index is 0.00843. The van der Waals surface area contributed by atoms with Crippen LogP contribution < -0.4 is 5.73 Å². The SMILES string of the molecule is CCCOCC(N)c1csc(Br)c1. The molecule has 1 heterocycles. The summed E-state index contributed by atoms with van der Waals surface area (Å²) in [7, 11) is 0. The average Bonchev–Trinajstić information content (AvgIpc) is 2.52. The summed E-state index contributed by atoms with van der Waals surface area (Å²) in [6.07, 6.45) is 1.04. The Labute approximate surface area is 91.2 Å². The highest BCUT2D eigenvalue weighted by atomic mass is 79.9. The first-order valence-electron chi connectivity index (χ1n) is 4.31. The molecular formula is C9H14BrNOS. The Hall–Kier alpha value is 0.100. The lowest BCUT2D eigenvalue weighted by molar-refractivity contribution is 0.121. The van der Waals surface area contributed by atoms with Crippen LogP contribution in [0.1, 0.15) is 24.9 Å². The van der Waals surface area contributed by atoms with E-state index in [9.17, 15) is 0 Å². The molecule has 13 heavy (non-hydrogen) atoms. The van der Waals surface area contributed by atoms with Crippen molar-refractivity contribution in [2.75, 3.05) is 13.2 Å². The van der Waals surface area contributed by atoms with Gasteiger partial charge < -0.3 is 10.5 Å². The Balaban J connectivity index is 2.35. The van der Waals surface area contributed by atoms with Crippen LogP contribution in [0.5, 0.6) is 0 Å². The third-order valence-corrected chi connectivity index (χ3v) is 3.18. The van der Waals surface area contributed by atoms with Gasteiger partial charge in [0.2, 0.25) is 0 Å². The molecule has 2 nitrogen and oxygen atoms in total. The first-order valence-corrected chi connectivity index (χ1v) is 5.98. The Morgan fingerprint density at radius 3 is 3.00 bits per heavy atom. The quantitative estimate of drug-likeness (QED) is 0.830. The van der Waals surface area contributed by atoms with Crippen molar-refractivity contribution in [3.63, 3.8) is 0 Å². The maximum absolute atomic E-state index is 5.91. The highest BCUT2D eigenvalue weighted by Crippen LogP contribution is 2.24. The fourth-order valence-electron chi connectivity index (χ4n) is 0.969. The highest BCUT2D eigenvalue weighted by molar-refractivity contribution is 9.11. The second kappa shape index (κ2) is 5.75. The van der Waals surface area contributed by atoms with Crippen molar-refractivity contribution in [3.05, 3.63) is 20.8 Å². The molecule has 1 unspecified atom stereocenters. The second-order valence-electron chi connectivity index (χ2n) is 2.87. The number of thiophene rings is 1. The van der Waals surface area contributed by atoms with E-state index in [4.69, 9.17) is 10.5 Å². The standard InChI is InChI=1S/C9H14BrNOS/c1-2-3-12-5-8(11)7-4-9(10)13-6-7/h4,6,8H,2-3,5,11H2,1H3. The zero-order chi connectivity index (χ0) is 9.68. The maximum atomic E-state index is 5.91. The summed E-state index contributed by atoms with van der Waals surface area (Å²) < 4.78 is 6.49. The lowest BCUT2D eigenvalue weighted by Gasteiger charge is -2.09. The minimum atomic E-state index is 0.00843. The maximum Gasteiger partial charge on any atom is 0.0701 e. The summed E-state index contributed by atoms with van der Waals surface area (Å²) in [5, 5.41) is 2.06. The van der Waals surface area contributed by atoms with Gasteiger partial charge in [0, 0.05) is 6.61 Å². The normalized spacial score (nSPS) is 13.2. The smallest absolute Gasteiger partial charge is 0.0701 e. The fourth-order valence-corrected chi connectivity index (χ4v) is 2.21. The van der Waals surface area contributed by atoms with Gasteiger partial charge >= 0.3 is 0 Å². The van der Waals surface area contributed by atoms with Crippen LogP contribution in [0.3, 0.4) is 0 Å². The van der Waals surface area contributed by atoms with Gasteiger partial charge in [-0.3, -0.25) is 0 Å². The van der Waals surface area contributed by atoms with Gasteiger partial charge in [0.15, 0.2) is 0 Å². The molecule has 2 N–H and O–H groups in total. The first-order chi connectivity index (χ1) is 6.24. The van der Waals surface area contributed by atoms with Gasteiger partial charge in [0.05, 0.1) is 16.4 Å². The van der Waals surface area contributed by atoms with Gasteiger partial charge in [0.1, 0.15) is 0 Å². The van der Waals surface area contributed by atoms with E-state index in [1.165, 1.54) is 0 Å². The third-order valence-electron chi connectivity index (χ3n) is 1.66. The van der Waals surface area contributed by atoms with E-state index < -0.39 is 0 Å². The van der Waals surface area contributed by atoms with Crippen molar-refractivity contribution in [3.8, 4) is 0 Å². The fraction of sp³-hybridized carbons (Fsp3) is 0.556. The van der Waals surface area contributed by atoms with Gasteiger partial charge in [-0.05, 0) is 39.4 Å². The van der Waals surface area contributed by atoms with Crippen molar-refractivity contribution in [2.24, 2.45) is 5.73 Å². The van der Waals surface area contributed by atoms with Gasteiger partial charge in [0.25, 0.3) is 0 Å². The van der Waals surface area contributed by atoms with Crippen LogP contribution in [0, 0.1) is 0 Å². The number of halogens is 1. The molecule has 0 aromatic carbocycles. The molecule has 0 amide bonds. The van der Waals surface area contributed by atoms with Gasteiger partial charge in [-0.15, -0.1) is 11.3 Å². The largest absolute Gasteiger partial charge is 0.379 e. The van der Waals surface area contributed by atoms with Gasteiger partial charge in [-0.25, -0.2) is 0 Å². The number of ether oxygens (including phenoxy) is 1. The highest BCUT2D eigenvalue weighted by Gasteiger charge is 2.07. The molecule has 74 valence electrons. The average molecular weight is 264 g/mol. The summed E-state index contributed by atoms with van der Waals surface area (Å²) in [6, 6.07) is 2.05. The van der Waals surface area contributed by atoms with Crippen molar-refractivity contribution in [1.82, 2.24) is 0 Å². The summed E-state index contributed by atoms with van der Waals surface area (Å²) in [5.41, 5.74) is 7.06. The Bertz CT molecular complexity index is 252. The van der Waals surface area contributed by atoms with E-state index in [1.807, 2.05) is 6.07 Å². The molecule has 0 spiro atoms. The molecule has 0 radical (unpaired) electrons. The van der Waals surface area contributed by atoms with Crippen molar-refractivity contribution in [1.29, 1.82) is 0 Å². The van der Waals surface area contributed by atoms with E-state index in [0.29, 0.717) is 6.61 Å². The van der Waals surface area contributed by atoms with E-state index >= 15 is 0 Å². The molecule has 0 saturated carbocycles.